The van der Waals surface area contributed by atoms with Gasteiger partial charge in [-0.15, -0.1) is 0 Å². The summed E-state index contributed by atoms with van der Waals surface area (Å²) >= 11 is 0. The normalized spacial score (nSPS) is 11.8. The second-order valence-electron chi connectivity index (χ2n) is 5.59. The van der Waals surface area contributed by atoms with E-state index in [1.807, 2.05) is 60.8 Å². The Balaban J connectivity index is 2.16. The van der Waals surface area contributed by atoms with E-state index >= 15 is 0 Å². The number of aromatic nitrogens is 2. The van der Waals surface area contributed by atoms with E-state index in [0.29, 0.717) is 5.56 Å². The quantitative estimate of drug-likeness (QED) is 0.341. The molecule has 120 valence electrons. The third-order valence-electron chi connectivity index (χ3n) is 4.15. The number of para-hydroxylation sites is 1. The monoisotopic (exact) mass is 325 g/mol. The number of hydrogen-bond donors (Lipinski definition) is 2. The number of aliphatic imine (C=N–C) groups is 1. The molecule has 2 aromatic carbocycles. The molecule has 2 heterocycles. The van der Waals surface area contributed by atoms with E-state index in [4.69, 9.17) is 16.1 Å². The highest BCUT2D eigenvalue weighted by molar-refractivity contribution is 6.17. The predicted octanol–water partition coefficient (Wildman–Crippen LogP) is 3.76. The number of benzene rings is 2. The van der Waals surface area contributed by atoms with E-state index in [2.05, 4.69) is 9.98 Å². The standard InChI is InChI=1S/C20H15N5/c21-12-24-20(22)16-8-4-7-14-17-11-23-10-9-15(17)18(25-19(14)16)13-5-2-1-3-6-13/h1-12H,(H3,21,22,24). The third kappa shape index (κ3) is 2.52. The van der Waals surface area contributed by atoms with Crippen molar-refractivity contribution < 1.29 is 0 Å². The van der Waals surface area contributed by atoms with Gasteiger partial charge in [0.25, 0.3) is 0 Å². The van der Waals surface area contributed by atoms with Crippen molar-refractivity contribution in [2.75, 3.05) is 0 Å². The van der Waals surface area contributed by atoms with Crippen molar-refractivity contribution >= 4 is 33.8 Å². The van der Waals surface area contributed by atoms with E-state index in [9.17, 15) is 0 Å². The van der Waals surface area contributed by atoms with Crippen LogP contribution >= 0.6 is 0 Å². The van der Waals surface area contributed by atoms with Crippen LogP contribution < -0.4 is 5.73 Å². The van der Waals surface area contributed by atoms with Crippen LogP contribution in [0.1, 0.15) is 5.56 Å². The van der Waals surface area contributed by atoms with Gasteiger partial charge in [-0.25, -0.2) is 9.98 Å². The number of nitrogens with two attached hydrogens (primary N) is 1. The molecule has 0 saturated carbocycles. The van der Waals surface area contributed by atoms with Gasteiger partial charge in [0.05, 0.1) is 11.2 Å². The summed E-state index contributed by atoms with van der Waals surface area (Å²) in [6.45, 7) is 0. The SMILES string of the molecule is N=CN=C(N)c1cccc2c1nc(-c1ccccc1)c1ccncc12. The van der Waals surface area contributed by atoms with Crippen LogP contribution in [0.2, 0.25) is 0 Å². The van der Waals surface area contributed by atoms with E-state index in [0.717, 1.165) is 39.3 Å². The molecule has 0 aliphatic carbocycles. The largest absolute Gasteiger partial charge is 0.383 e. The maximum Gasteiger partial charge on any atom is 0.134 e. The van der Waals surface area contributed by atoms with Crippen LogP contribution in [-0.2, 0) is 0 Å². The fraction of sp³-hybridized carbons (Fsp3) is 0. The molecule has 2 aromatic heterocycles. The second kappa shape index (κ2) is 6.13. The lowest BCUT2D eigenvalue weighted by Crippen LogP contribution is -2.14. The molecule has 0 saturated heterocycles. The Hall–Kier alpha value is -3.60. The molecule has 0 bridgehead atoms. The molecule has 0 radical (unpaired) electrons. The summed E-state index contributed by atoms with van der Waals surface area (Å²) in [5.74, 6) is 0.273. The maximum absolute atomic E-state index is 7.18. The highest BCUT2D eigenvalue weighted by atomic mass is 14.9. The van der Waals surface area contributed by atoms with Gasteiger partial charge in [0, 0.05) is 39.7 Å². The van der Waals surface area contributed by atoms with Crippen LogP contribution in [0.3, 0.4) is 0 Å². The van der Waals surface area contributed by atoms with Crippen molar-refractivity contribution in [2.45, 2.75) is 0 Å². The number of hydrogen-bond acceptors (Lipinski definition) is 3. The third-order valence-corrected chi connectivity index (χ3v) is 4.15. The molecule has 5 heteroatoms. The van der Waals surface area contributed by atoms with Crippen molar-refractivity contribution in [1.82, 2.24) is 9.97 Å². The summed E-state index contributed by atoms with van der Waals surface area (Å²) < 4.78 is 0. The highest BCUT2D eigenvalue weighted by Crippen LogP contribution is 2.32. The molecule has 5 nitrogen and oxygen atoms in total. The minimum absolute atomic E-state index is 0.273. The van der Waals surface area contributed by atoms with Crippen molar-refractivity contribution in [1.29, 1.82) is 5.41 Å². The molecule has 0 aliphatic heterocycles. The number of fused-ring (bicyclic) bond motifs is 3. The number of pyridine rings is 2. The van der Waals surface area contributed by atoms with E-state index in [-0.39, 0.29) is 5.84 Å². The zero-order chi connectivity index (χ0) is 17.2. The molecule has 0 spiro atoms. The summed E-state index contributed by atoms with van der Waals surface area (Å²) in [6.07, 6.45) is 4.56. The maximum atomic E-state index is 7.18. The van der Waals surface area contributed by atoms with Crippen LogP contribution in [0, 0.1) is 5.41 Å². The Kier molecular flexibility index (Phi) is 3.67. The number of amidine groups is 1. The van der Waals surface area contributed by atoms with Gasteiger partial charge in [-0.2, -0.15) is 0 Å². The molecule has 25 heavy (non-hydrogen) atoms. The van der Waals surface area contributed by atoms with E-state index in [1.54, 1.807) is 6.20 Å². The van der Waals surface area contributed by atoms with Gasteiger partial charge in [-0.05, 0) is 12.1 Å². The second-order valence-corrected chi connectivity index (χ2v) is 5.59. The average molecular weight is 325 g/mol. The first-order valence-corrected chi connectivity index (χ1v) is 7.84. The van der Waals surface area contributed by atoms with Crippen molar-refractivity contribution in [3.63, 3.8) is 0 Å². The van der Waals surface area contributed by atoms with Crippen molar-refractivity contribution in [3.8, 4) is 11.3 Å². The molecule has 0 fully saturated rings. The first kappa shape index (κ1) is 15.0. The summed E-state index contributed by atoms with van der Waals surface area (Å²) in [7, 11) is 0. The Morgan fingerprint density at radius 3 is 2.60 bits per heavy atom. The lowest BCUT2D eigenvalue weighted by atomic mass is 9.99. The zero-order valence-electron chi connectivity index (χ0n) is 13.3. The van der Waals surface area contributed by atoms with Gasteiger partial charge in [-0.1, -0.05) is 42.5 Å². The van der Waals surface area contributed by atoms with Crippen molar-refractivity contribution in [3.05, 3.63) is 72.6 Å². The molecule has 4 rings (SSSR count). The molecular formula is C20H15N5. The van der Waals surface area contributed by atoms with Gasteiger partial charge in [-0.3, -0.25) is 10.4 Å². The molecule has 3 N–H and O–H groups in total. The zero-order valence-corrected chi connectivity index (χ0v) is 13.3. The highest BCUT2D eigenvalue weighted by Gasteiger charge is 2.14. The average Bonchev–Trinajstić information content (AvgIpc) is 2.67. The number of nitrogens with one attached hydrogen (secondary N) is 1. The Morgan fingerprint density at radius 2 is 1.80 bits per heavy atom. The molecule has 0 unspecified atom stereocenters. The molecule has 0 aliphatic rings. The van der Waals surface area contributed by atoms with Gasteiger partial charge in [0.1, 0.15) is 12.2 Å². The van der Waals surface area contributed by atoms with Gasteiger partial charge in [0.2, 0.25) is 0 Å². The first-order chi connectivity index (χ1) is 12.3. The summed E-state index contributed by atoms with van der Waals surface area (Å²) in [4.78, 5) is 13.1. The summed E-state index contributed by atoms with van der Waals surface area (Å²) in [5.41, 5.74) is 9.42. The number of rotatable bonds is 3. The Bertz CT molecular complexity index is 1120. The Labute approximate surface area is 144 Å². The van der Waals surface area contributed by atoms with Crippen molar-refractivity contribution in [2.24, 2.45) is 10.7 Å². The van der Waals surface area contributed by atoms with Crippen LogP contribution in [-0.4, -0.2) is 22.1 Å². The van der Waals surface area contributed by atoms with E-state index < -0.39 is 0 Å². The minimum Gasteiger partial charge on any atom is -0.383 e. The fourth-order valence-electron chi connectivity index (χ4n) is 3.03. The van der Waals surface area contributed by atoms with E-state index in [1.165, 1.54) is 0 Å². The smallest absolute Gasteiger partial charge is 0.134 e. The minimum atomic E-state index is 0.273. The molecular weight excluding hydrogens is 310 g/mol. The number of nitrogens with zero attached hydrogens (tertiary/aromatic N) is 3. The van der Waals surface area contributed by atoms with Crippen LogP contribution in [0.15, 0.2) is 72.0 Å². The van der Waals surface area contributed by atoms with Gasteiger partial charge in [0.15, 0.2) is 0 Å². The first-order valence-electron chi connectivity index (χ1n) is 7.84. The molecule has 4 aromatic rings. The van der Waals surface area contributed by atoms with Gasteiger partial charge >= 0.3 is 0 Å². The topological polar surface area (TPSA) is 88.0 Å². The summed E-state index contributed by atoms with van der Waals surface area (Å²) in [5, 5.41) is 10.2. The lowest BCUT2D eigenvalue weighted by Gasteiger charge is -2.12. The predicted molar refractivity (Wildman–Crippen MR) is 102 cm³/mol. The molecule has 0 amide bonds. The Morgan fingerprint density at radius 1 is 0.960 bits per heavy atom. The van der Waals surface area contributed by atoms with Crippen LogP contribution in [0.5, 0.6) is 0 Å². The fourth-order valence-corrected chi connectivity index (χ4v) is 3.03. The van der Waals surface area contributed by atoms with Crippen LogP contribution in [0.4, 0.5) is 0 Å². The van der Waals surface area contributed by atoms with Crippen LogP contribution in [0.25, 0.3) is 32.9 Å². The molecule has 0 atom stereocenters. The summed E-state index contributed by atoms with van der Waals surface area (Å²) in [6, 6.07) is 17.8. The lowest BCUT2D eigenvalue weighted by molar-refractivity contribution is 1.35. The van der Waals surface area contributed by atoms with Gasteiger partial charge < -0.3 is 5.73 Å².